The third-order valence-electron chi connectivity index (χ3n) is 3.85. The first-order chi connectivity index (χ1) is 11.1. The number of hydrogen-bond donors (Lipinski definition) is 0. The monoisotopic (exact) mass is 335 g/mol. The van der Waals surface area contributed by atoms with E-state index in [1.165, 1.54) is 4.88 Å². The van der Waals surface area contributed by atoms with Gasteiger partial charge in [0.1, 0.15) is 6.04 Å². The Morgan fingerprint density at radius 1 is 1.48 bits per heavy atom. The van der Waals surface area contributed by atoms with E-state index in [9.17, 15) is 4.79 Å². The minimum atomic E-state index is -0.278. The lowest BCUT2D eigenvalue weighted by Crippen LogP contribution is -2.43. The average Bonchev–Trinajstić information content (AvgIpc) is 3.24. The Kier molecular flexibility index (Phi) is 5.07. The van der Waals surface area contributed by atoms with Gasteiger partial charge < -0.3 is 14.1 Å². The molecular weight excluding hydrogens is 314 g/mol. The van der Waals surface area contributed by atoms with Gasteiger partial charge in [0.05, 0.1) is 13.2 Å². The lowest BCUT2D eigenvalue weighted by molar-refractivity contribution is -0.141. The highest BCUT2D eigenvalue weighted by Crippen LogP contribution is 2.26. The fourth-order valence-corrected chi connectivity index (χ4v) is 3.26. The molecule has 0 bridgehead atoms. The van der Waals surface area contributed by atoms with Gasteiger partial charge in [0, 0.05) is 23.8 Å². The van der Waals surface area contributed by atoms with Gasteiger partial charge in [0.15, 0.2) is 0 Å². The molecule has 1 atom stereocenters. The molecule has 2 aromatic rings. The van der Waals surface area contributed by atoms with Crippen LogP contribution in [0.1, 0.15) is 48.9 Å². The molecule has 1 amide bonds. The number of nitrogens with zero attached hydrogens (tertiary/aromatic N) is 3. The van der Waals surface area contributed by atoms with Crippen molar-refractivity contribution in [3.8, 4) is 0 Å². The smallest absolute Gasteiger partial charge is 0.241 e. The topological polar surface area (TPSA) is 68.5 Å². The standard InChI is InChI=1S/C16H21N3O3S/c1-11(2)15-17-18-16(22-15)13-10-21-8-7-19(13)14(20)6-5-12-4-3-9-23-12/h3-4,9,11,13H,5-8,10H2,1-2H3/t13-/m1/s1. The van der Waals surface area contributed by atoms with Crippen molar-refractivity contribution in [2.45, 2.75) is 38.6 Å². The molecule has 1 aliphatic rings. The zero-order valence-electron chi connectivity index (χ0n) is 13.4. The summed E-state index contributed by atoms with van der Waals surface area (Å²) >= 11 is 1.68. The van der Waals surface area contributed by atoms with E-state index in [1.807, 2.05) is 30.2 Å². The van der Waals surface area contributed by atoms with E-state index in [4.69, 9.17) is 9.15 Å². The van der Waals surface area contributed by atoms with Crippen LogP contribution in [0.25, 0.3) is 0 Å². The molecule has 0 saturated carbocycles. The third-order valence-corrected chi connectivity index (χ3v) is 4.79. The first kappa shape index (κ1) is 16.1. The van der Waals surface area contributed by atoms with Crippen LogP contribution in [0.4, 0.5) is 0 Å². The quantitative estimate of drug-likeness (QED) is 0.840. The average molecular weight is 335 g/mol. The maximum Gasteiger partial charge on any atom is 0.241 e. The van der Waals surface area contributed by atoms with Gasteiger partial charge in [0.25, 0.3) is 0 Å². The van der Waals surface area contributed by atoms with E-state index in [-0.39, 0.29) is 17.9 Å². The SMILES string of the molecule is CC(C)c1nnc([C@H]2COCCN2C(=O)CCc2cccs2)o1. The summed E-state index contributed by atoms with van der Waals surface area (Å²) in [5, 5.41) is 10.2. The maximum absolute atomic E-state index is 12.6. The van der Waals surface area contributed by atoms with Gasteiger partial charge in [-0.2, -0.15) is 0 Å². The number of amides is 1. The number of aryl methyl sites for hydroxylation is 1. The summed E-state index contributed by atoms with van der Waals surface area (Å²) in [6.45, 7) is 5.52. The summed E-state index contributed by atoms with van der Waals surface area (Å²) in [7, 11) is 0. The van der Waals surface area contributed by atoms with Crippen molar-refractivity contribution in [2.24, 2.45) is 0 Å². The van der Waals surface area contributed by atoms with Crippen molar-refractivity contribution >= 4 is 17.2 Å². The summed E-state index contributed by atoms with van der Waals surface area (Å²) < 4.78 is 11.2. The molecule has 23 heavy (non-hydrogen) atoms. The van der Waals surface area contributed by atoms with Gasteiger partial charge in [-0.15, -0.1) is 21.5 Å². The van der Waals surface area contributed by atoms with Crippen LogP contribution in [-0.4, -0.2) is 40.8 Å². The van der Waals surface area contributed by atoms with E-state index >= 15 is 0 Å². The van der Waals surface area contributed by atoms with Crippen LogP contribution in [0.15, 0.2) is 21.9 Å². The number of aromatic nitrogens is 2. The van der Waals surface area contributed by atoms with Crippen molar-refractivity contribution in [3.05, 3.63) is 34.2 Å². The van der Waals surface area contributed by atoms with Crippen LogP contribution in [0.2, 0.25) is 0 Å². The third kappa shape index (κ3) is 3.79. The van der Waals surface area contributed by atoms with E-state index in [2.05, 4.69) is 16.3 Å². The van der Waals surface area contributed by atoms with E-state index < -0.39 is 0 Å². The summed E-state index contributed by atoms with van der Waals surface area (Å²) in [4.78, 5) is 15.6. The molecule has 1 fully saturated rings. The largest absolute Gasteiger partial charge is 0.423 e. The van der Waals surface area contributed by atoms with Gasteiger partial charge in [-0.05, 0) is 17.9 Å². The first-order valence-corrected chi connectivity index (χ1v) is 8.76. The van der Waals surface area contributed by atoms with Gasteiger partial charge in [-0.3, -0.25) is 4.79 Å². The predicted molar refractivity (Wildman–Crippen MR) is 86.3 cm³/mol. The van der Waals surface area contributed by atoms with Crippen LogP contribution in [0, 0.1) is 0 Å². The van der Waals surface area contributed by atoms with Crippen molar-refractivity contribution < 1.29 is 13.9 Å². The zero-order chi connectivity index (χ0) is 16.2. The Bertz CT molecular complexity index is 639. The molecule has 0 aromatic carbocycles. The van der Waals surface area contributed by atoms with Gasteiger partial charge >= 0.3 is 0 Å². The molecular formula is C16H21N3O3S. The second-order valence-electron chi connectivity index (χ2n) is 5.89. The number of morpholine rings is 1. The van der Waals surface area contributed by atoms with E-state index in [1.54, 1.807) is 11.3 Å². The molecule has 3 rings (SSSR count). The number of carbonyl (C=O) groups is 1. The zero-order valence-corrected chi connectivity index (χ0v) is 14.2. The Morgan fingerprint density at radius 2 is 2.35 bits per heavy atom. The number of thiophene rings is 1. The molecule has 6 nitrogen and oxygen atoms in total. The highest BCUT2D eigenvalue weighted by atomic mass is 32.1. The van der Waals surface area contributed by atoms with Gasteiger partial charge in [-0.25, -0.2) is 0 Å². The highest BCUT2D eigenvalue weighted by molar-refractivity contribution is 7.09. The fraction of sp³-hybridized carbons (Fsp3) is 0.562. The lowest BCUT2D eigenvalue weighted by Gasteiger charge is -2.33. The predicted octanol–water partition coefficient (Wildman–Crippen LogP) is 2.79. The fourth-order valence-electron chi connectivity index (χ4n) is 2.55. The number of carbonyl (C=O) groups excluding carboxylic acids is 1. The molecule has 3 heterocycles. The molecule has 1 aliphatic heterocycles. The van der Waals surface area contributed by atoms with Gasteiger partial charge in [-0.1, -0.05) is 19.9 Å². The molecule has 0 aliphatic carbocycles. The minimum Gasteiger partial charge on any atom is -0.423 e. The van der Waals surface area contributed by atoms with Gasteiger partial charge in [0.2, 0.25) is 17.7 Å². The van der Waals surface area contributed by atoms with Crippen molar-refractivity contribution in [1.82, 2.24) is 15.1 Å². The summed E-state index contributed by atoms with van der Waals surface area (Å²) in [6, 6.07) is 3.79. The Morgan fingerprint density at radius 3 is 3.04 bits per heavy atom. The summed E-state index contributed by atoms with van der Waals surface area (Å²) in [6.07, 6.45) is 1.25. The minimum absolute atomic E-state index is 0.107. The van der Waals surface area contributed by atoms with Crippen molar-refractivity contribution in [1.29, 1.82) is 0 Å². The Balaban J connectivity index is 1.68. The summed E-state index contributed by atoms with van der Waals surface area (Å²) in [5.41, 5.74) is 0. The molecule has 0 spiro atoms. The molecule has 7 heteroatoms. The maximum atomic E-state index is 12.6. The first-order valence-electron chi connectivity index (χ1n) is 7.88. The molecule has 1 saturated heterocycles. The Hall–Kier alpha value is -1.73. The molecule has 0 radical (unpaired) electrons. The normalized spacial score (nSPS) is 18.6. The van der Waals surface area contributed by atoms with Crippen LogP contribution in [0.3, 0.4) is 0 Å². The number of ether oxygens (including phenoxy) is 1. The van der Waals surface area contributed by atoms with E-state index in [0.717, 1.165) is 6.42 Å². The van der Waals surface area contributed by atoms with Crippen LogP contribution >= 0.6 is 11.3 Å². The highest BCUT2D eigenvalue weighted by Gasteiger charge is 2.32. The van der Waals surface area contributed by atoms with Crippen molar-refractivity contribution in [2.75, 3.05) is 19.8 Å². The molecule has 2 aromatic heterocycles. The number of rotatable bonds is 5. The number of hydrogen-bond acceptors (Lipinski definition) is 6. The molecule has 0 unspecified atom stereocenters. The van der Waals surface area contributed by atoms with Crippen LogP contribution in [0.5, 0.6) is 0 Å². The second-order valence-corrected chi connectivity index (χ2v) is 6.92. The van der Waals surface area contributed by atoms with E-state index in [0.29, 0.717) is 38.0 Å². The lowest BCUT2D eigenvalue weighted by atomic mass is 10.1. The van der Waals surface area contributed by atoms with Crippen LogP contribution < -0.4 is 0 Å². The van der Waals surface area contributed by atoms with Crippen molar-refractivity contribution in [3.63, 3.8) is 0 Å². The molecule has 124 valence electrons. The molecule has 0 N–H and O–H groups in total. The second kappa shape index (κ2) is 7.23. The summed E-state index contributed by atoms with van der Waals surface area (Å²) in [5.74, 6) is 1.34. The Labute approximate surface area is 139 Å². The van der Waals surface area contributed by atoms with Crippen LogP contribution in [-0.2, 0) is 16.0 Å².